The third kappa shape index (κ3) is 3.93. The monoisotopic (exact) mass is 409 g/mol. The van der Waals surface area contributed by atoms with Gasteiger partial charge in [0.1, 0.15) is 17.9 Å². The Morgan fingerprint density at radius 2 is 1.90 bits per heavy atom. The van der Waals surface area contributed by atoms with Crippen molar-refractivity contribution in [1.29, 1.82) is 0 Å². The summed E-state index contributed by atoms with van der Waals surface area (Å²) < 4.78 is 6.93. The normalized spacial score (nSPS) is 15.9. The minimum absolute atomic E-state index is 0.0211. The molecule has 30 heavy (non-hydrogen) atoms. The van der Waals surface area contributed by atoms with E-state index in [1.165, 1.54) is 0 Å². The van der Waals surface area contributed by atoms with E-state index in [9.17, 15) is 4.79 Å². The topological polar surface area (TPSA) is 88.4 Å². The smallest absolute Gasteiger partial charge is 0.241 e. The summed E-state index contributed by atoms with van der Waals surface area (Å²) in [5, 5.41) is 8.28. The number of aryl methyl sites for hydroxylation is 1. The number of carbonyl (C=O) groups excluding carboxylic acids is 1. The summed E-state index contributed by atoms with van der Waals surface area (Å²) in [6.07, 6.45) is 4.15. The van der Waals surface area contributed by atoms with Crippen molar-refractivity contribution >= 4 is 28.4 Å². The highest BCUT2D eigenvalue weighted by Gasteiger charge is 2.29. The summed E-state index contributed by atoms with van der Waals surface area (Å²) in [7, 11) is 3.51. The van der Waals surface area contributed by atoms with E-state index in [-0.39, 0.29) is 11.9 Å². The van der Waals surface area contributed by atoms with Gasteiger partial charge in [-0.2, -0.15) is 5.10 Å². The molecular weight excluding hydrogens is 382 g/mol. The number of aromatic nitrogens is 4. The molecule has 0 spiro atoms. The first-order valence-corrected chi connectivity index (χ1v) is 10.2. The van der Waals surface area contributed by atoms with Gasteiger partial charge >= 0.3 is 0 Å². The van der Waals surface area contributed by atoms with Crippen LogP contribution < -0.4 is 15.0 Å². The van der Waals surface area contributed by atoms with Crippen LogP contribution in [0, 0.1) is 0 Å². The lowest BCUT2D eigenvalue weighted by atomic mass is 10.1. The largest absolute Gasteiger partial charge is 0.497 e. The quantitative estimate of drug-likeness (QED) is 0.665. The summed E-state index contributed by atoms with van der Waals surface area (Å²) in [6, 6.07) is 7.23. The van der Waals surface area contributed by atoms with E-state index in [2.05, 4.69) is 30.2 Å². The second-order valence-electron chi connectivity index (χ2n) is 7.37. The van der Waals surface area contributed by atoms with Crippen LogP contribution in [0.1, 0.15) is 13.3 Å². The summed E-state index contributed by atoms with van der Waals surface area (Å²) in [4.78, 5) is 26.2. The molecule has 0 radical (unpaired) electrons. The van der Waals surface area contributed by atoms with E-state index >= 15 is 0 Å². The summed E-state index contributed by atoms with van der Waals surface area (Å²) in [5.74, 6) is 1.69. The number of benzene rings is 1. The molecule has 4 rings (SSSR count). The van der Waals surface area contributed by atoms with Crippen molar-refractivity contribution in [1.82, 2.24) is 24.6 Å². The average molecular weight is 409 g/mol. The molecule has 1 aliphatic rings. The molecule has 1 atom stereocenters. The van der Waals surface area contributed by atoms with Gasteiger partial charge in [0.15, 0.2) is 5.65 Å². The zero-order valence-electron chi connectivity index (χ0n) is 17.6. The molecule has 3 heterocycles. The molecule has 1 saturated heterocycles. The zero-order valence-corrected chi connectivity index (χ0v) is 17.6. The van der Waals surface area contributed by atoms with E-state index in [1.807, 2.05) is 44.4 Å². The number of nitrogens with zero attached hydrogens (tertiary/aromatic N) is 6. The van der Waals surface area contributed by atoms with E-state index in [0.29, 0.717) is 0 Å². The van der Waals surface area contributed by atoms with E-state index in [0.717, 1.165) is 60.9 Å². The second kappa shape index (κ2) is 8.66. The van der Waals surface area contributed by atoms with Crippen molar-refractivity contribution in [3.63, 3.8) is 0 Å². The SMILES string of the molecule is CCC(C(=O)Nc1ccc(OC)cc1)N1CCN(c2ncnc3c2cnn3C)CC1. The van der Waals surface area contributed by atoms with Crippen molar-refractivity contribution in [3.8, 4) is 5.75 Å². The van der Waals surface area contributed by atoms with E-state index in [4.69, 9.17) is 4.74 Å². The third-order valence-corrected chi connectivity index (χ3v) is 5.61. The number of anilines is 2. The molecule has 1 amide bonds. The summed E-state index contributed by atoms with van der Waals surface area (Å²) in [6.45, 7) is 5.23. The fourth-order valence-corrected chi connectivity index (χ4v) is 3.96. The number of nitrogens with one attached hydrogen (secondary N) is 1. The predicted octanol–water partition coefficient (Wildman–Crippen LogP) is 1.91. The molecule has 1 aliphatic heterocycles. The maximum absolute atomic E-state index is 12.9. The number of ether oxygens (including phenoxy) is 1. The van der Waals surface area contributed by atoms with Gasteiger partial charge in [0.2, 0.25) is 5.91 Å². The molecule has 1 fully saturated rings. The molecular formula is C21H27N7O2. The molecule has 0 saturated carbocycles. The highest BCUT2D eigenvalue weighted by atomic mass is 16.5. The second-order valence-corrected chi connectivity index (χ2v) is 7.37. The van der Waals surface area contributed by atoms with Gasteiger partial charge in [-0.3, -0.25) is 14.4 Å². The molecule has 9 nitrogen and oxygen atoms in total. The minimum Gasteiger partial charge on any atom is -0.497 e. The lowest BCUT2D eigenvalue weighted by molar-refractivity contribution is -0.121. The molecule has 1 N–H and O–H groups in total. The van der Waals surface area contributed by atoms with Crippen molar-refractivity contribution in [2.45, 2.75) is 19.4 Å². The maximum Gasteiger partial charge on any atom is 0.241 e. The molecule has 3 aromatic rings. The molecule has 1 aromatic carbocycles. The Kier molecular flexibility index (Phi) is 5.80. The average Bonchev–Trinajstić information content (AvgIpc) is 3.16. The van der Waals surface area contributed by atoms with E-state index < -0.39 is 0 Å². The van der Waals surface area contributed by atoms with Crippen molar-refractivity contribution in [2.24, 2.45) is 7.05 Å². The molecule has 2 aromatic heterocycles. The van der Waals surface area contributed by atoms with E-state index in [1.54, 1.807) is 18.1 Å². The summed E-state index contributed by atoms with van der Waals surface area (Å²) >= 11 is 0. The summed E-state index contributed by atoms with van der Waals surface area (Å²) in [5.41, 5.74) is 1.60. The minimum atomic E-state index is -0.168. The van der Waals surface area contributed by atoms with Crippen molar-refractivity contribution in [2.75, 3.05) is 43.5 Å². The van der Waals surface area contributed by atoms with Gasteiger partial charge in [-0.05, 0) is 30.7 Å². The predicted molar refractivity (Wildman–Crippen MR) is 116 cm³/mol. The van der Waals surface area contributed by atoms with Gasteiger partial charge in [-0.15, -0.1) is 0 Å². The van der Waals surface area contributed by atoms with Gasteiger partial charge in [0.25, 0.3) is 0 Å². The van der Waals surface area contributed by atoms with Gasteiger partial charge in [0, 0.05) is 38.9 Å². The number of fused-ring (bicyclic) bond motifs is 1. The van der Waals surface area contributed by atoms with Crippen molar-refractivity contribution < 1.29 is 9.53 Å². The Morgan fingerprint density at radius 1 is 1.17 bits per heavy atom. The van der Waals surface area contributed by atoms with Gasteiger partial charge < -0.3 is 15.0 Å². The van der Waals surface area contributed by atoms with Crippen LogP contribution in [0.3, 0.4) is 0 Å². The number of amides is 1. The lowest BCUT2D eigenvalue weighted by Crippen LogP contribution is -2.53. The van der Waals surface area contributed by atoms with Crippen molar-refractivity contribution in [3.05, 3.63) is 36.8 Å². The molecule has 0 bridgehead atoms. The highest BCUT2D eigenvalue weighted by Crippen LogP contribution is 2.24. The van der Waals surface area contributed by atoms with Gasteiger partial charge in [-0.1, -0.05) is 6.92 Å². The zero-order chi connectivity index (χ0) is 21.1. The number of piperazine rings is 1. The number of rotatable bonds is 6. The number of hydrogen-bond acceptors (Lipinski definition) is 7. The number of methoxy groups -OCH3 is 1. The number of hydrogen-bond donors (Lipinski definition) is 1. The Hall–Kier alpha value is -3.20. The Labute approximate surface area is 175 Å². The van der Waals surface area contributed by atoms with Crippen LogP contribution in [0.25, 0.3) is 11.0 Å². The van der Waals surface area contributed by atoms with Gasteiger partial charge in [0.05, 0.1) is 24.7 Å². The lowest BCUT2D eigenvalue weighted by Gasteiger charge is -2.38. The molecule has 0 aliphatic carbocycles. The first kappa shape index (κ1) is 20.1. The fourth-order valence-electron chi connectivity index (χ4n) is 3.96. The Bertz CT molecular complexity index is 1010. The third-order valence-electron chi connectivity index (χ3n) is 5.61. The van der Waals surface area contributed by atoms with Crippen LogP contribution in [0.5, 0.6) is 5.75 Å². The van der Waals surface area contributed by atoms with Crippen LogP contribution in [0.2, 0.25) is 0 Å². The van der Waals surface area contributed by atoms with Crippen LogP contribution in [-0.4, -0.2) is 69.9 Å². The van der Waals surface area contributed by atoms with Crippen LogP contribution in [-0.2, 0) is 11.8 Å². The molecule has 9 heteroatoms. The van der Waals surface area contributed by atoms with Gasteiger partial charge in [-0.25, -0.2) is 9.97 Å². The Morgan fingerprint density at radius 3 is 2.57 bits per heavy atom. The fraction of sp³-hybridized carbons (Fsp3) is 0.429. The van der Waals surface area contributed by atoms with Crippen LogP contribution >= 0.6 is 0 Å². The van der Waals surface area contributed by atoms with Crippen LogP contribution in [0.15, 0.2) is 36.8 Å². The Balaban J connectivity index is 1.40. The standard InChI is InChI=1S/C21H27N7O2/c1-4-18(21(29)25-15-5-7-16(30-3)8-6-15)27-9-11-28(12-10-27)20-17-13-24-26(2)19(17)22-14-23-20/h5-8,13-14,18H,4,9-12H2,1-3H3,(H,25,29). The first-order valence-electron chi connectivity index (χ1n) is 10.2. The maximum atomic E-state index is 12.9. The molecule has 158 valence electrons. The van der Waals surface area contributed by atoms with Crippen LogP contribution in [0.4, 0.5) is 11.5 Å². The first-order chi connectivity index (χ1) is 14.6. The number of carbonyl (C=O) groups is 1. The highest BCUT2D eigenvalue weighted by molar-refractivity contribution is 5.95. The molecule has 1 unspecified atom stereocenters.